The second-order valence-electron chi connectivity index (χ2n) is 7.18. The van der Waals surface area contributed by atoms with Gasteiger partial charge in [-0.25, -0.2) is 0 Å². The monoisotopic (exact) mass is 575 g/mol. The summed E-state index contributed by atoms with van der Waals surface area (Å²) < 4.78 is 0. The Morgan fingerprint density at radius 1 is 1.00 bits per heavy atom. The van der Waals surface area contributed by atoms with E-state index < -0.39 is 0 Å². The zero-order valence-electron chi connectivity index (χ0n) is 17.5. The number of aromatic nitrogens is 1. The molecule has 1 N–H and O–H groups in total. The molecule has 0 fully saturated rings. The van der Waals surface area contributed by atoms with Crippen LogP contribution in [0.3, 0.4) is 0 Å². The second kappa shape index (κ2) is 10.3. The van der Waals surface area contributed by atoms with Gasteiger partial charge in [0.1, 0.15) is 0 Å². The Labute approximate surface area is 190 Å². The third kappa shape index (κ3) is 5.62. The van der Waals surface area contributed by atoms with Crippen LogP contribution in [0, 0.1) is 19.9 Å². The molecule has 1 heterocycles. The van der Waals surface area contributed by atoms with Crippen LogP contribution in [0.5, 0.6) is 0 Å². The van der Waals surface area contributed by atoms with E-state index in [-0.39, 0.29) is 31.6 Å². The zero-order chi connectivity index (χ0) is 21.0. The van der Waals surface area contributed by atoms with Crippen LogP contribution in [0.15, 0.2) is 72.5 Å². The topological polar surface area (TPSA) is 50.2 Å². The standard InChI is InChI=1S/C21H16N.C5H8O2.Ir/c1-14-7-11-20-16(13-14)9-12-21(22-20)19-10-8-15(2)17-5-3-4-6-18(17)19;1-4(6)3-5(2)7;/h3-9,11-13H,1-2H3;3,6H,1-2H3;/q-1;;/b;4-3-;. The fourth-order valence-corrected chi connectivity index (χ4v) is 3.27. The van der Waals surface area contributed by atoms with Gasteiger partial charge in [-0.05, 0) is 44.0 Å². The molecule has 0 unspecified atom stereocenters. The summed E-state index contributed by atoms with van der Waals surface area (Å²) in [4.78, 5) is 14.9. The first kappa shape index (κ1) is 23.5. The summed E-state index contributed by atoms with van der Waals surface area (Å²) >= 11 is 0. The zero-order valence-corrected chi connectivity index (χ0v) is 19.9. The molecule has 3 aromatic carbocycles. The van der Waals surface area contributed by atoms with Gasteiger partial charge in [-0.3, -0.25) is 9.78 Å². The van der Waals surface area contributed by atoms with Gasteiger partial charge < -0.3 is 5.11 Å². The molecule has 1 aromatic heterocycles. The summed E-state index contributed by atoms with van der Waals surface area (Å²) in [5, 5.41) is 12.0. The fourth-order valence-electron chi connectivity index (χ4n) is 3.27. The first-order chi connectivity index (χ1) is 13.8. The molecule has 4 heteroatoms. The SMILES string of the molecule is CC(=O)/C=C(/C)O.Cc1ccc2nc(-c3[c-]cc(C)c4ccccc34)ccc2c1.[Ir]. The Kier molecular flexibility index (Phi) is 8.05. The molecule has 0 spiro atoms. The van der Waals surface area contributed by atoms with E-state index in [9.17, 15) is 4.79 Å². The van der Waals surface area contributed by atoms with Crippen LogP contribution in [0.25, 0.3) is 32.9 Å². The molecule has 155 valence electrons. The molecule has 4 rings (SSSR count). The smallest absolute Gasteiger partial charge is 0.155 e. The molecular formula is C26H24IrNO2-. The second-order valence-corrected chi connectivity index (χ2v) is 7.18. The summed E-state index contributed by atoms with van der Waals surface area (Å²) in [6, 6.07) is 24.5. The van der Waals surface area contributed by atoms with Gasteiger partial charge in [0.05, 0.1) is 11.3 Å². The molecule has 0 saturated carbocycles. The number of aliphatic hydroxyl groups is 1. The van der Waals surface area contributed by atoms with Crippen molar-refractivity contribution in [2.45, 2.75) is 27.7 Å². The molecule has 0 atom stereocenters. The van der Waals surface area contributed by atoms with Crippen molar-refractivity contribution in [1.29, 1.82) is 0 Å². The number of nitrogens with zero attached hydrogens (tertiary/aromatic N) is 1. The minimum absolute atomic E-state index is 0. The van der Waals surface area contributed by atoms with Crippen molar-refractivity contribution < 1.29 is 30.0 Å². The van der Waals surface area contributed by atoms with Crippen LogP contribution in [-0.4, -0.2) is 15.9 Å². The number of hydrogen-bond donors (Lipinski definition) is 1. The predicted molar refractivity (Wildman–Crippen MR) is 120 cm³/mol. The van der Waals surface area contributed by atoms with Crippen LogP contribution in [0.4, 0.5) is 0 Å². The summed E-state index contributed by atoms with van der Waals surface area (Å²) in [6.45, 7) is 7.08. The van der Waals surface area contributed by atoms with Crippen LogP contribution in [-0.2, 0) is 24.9 Å². The Morgan fingerprint density at radius 2 is 1.70 bits per heavy atom. The third-order valence-corrected chi connectivity index (χ3v) is 4.57. The van der Waals surface area contributed by atoms with Gasteiger partial charge in [0.2, 0.25) is 0 Å². The number of aryl methyl sites for hydroxylation is 2. The molecule has 0 aliphatic heterocycles. The van der Waals surface area contributed by atoms with Crippen LogP contribution in [0.2, 0.25) is 0 Å². The molecule has 0 aliphatic rings. The van der Waals surface area contributed by atoms with Crippen LogP contribution >= 0.6 is 0 Å². The van der Waals surface area contributed by atoms with E-state index in [4.69, 9.17) is 10.1 Å². The molecule has 4 aromatic rings. The summed E-state index contributed by atoms with van der Waals surface area (Å²) in [7, 11) is 0. The number of hydrogen-bond acceptors (Lipinski definition) is 3. The van der Waals surface area contributed by atoms with Crippen molar-refractivity contribution in [3.63, 3.8) is 0 Å². The molecular weight excluding hydrogens is 551 g/mol. The number of pyridine rings is 1. The van der Waals surface area contributed by atoms with Crippen molar-refractivity contribution in [2.24, 2.45) is 0 Å². The van der Waals surface area contributed by atoms with Crippen molar-refractivity contribution >= 4 is 27.5 Å². The van der Waals surface area contributed by atoms with E-state index in [1.165, 1.54) is 47.2 Å². The molecule has 0 saturated heterocycles. The van der Waals surface area contributed by atoms with E-state index in [0.29, 0.717) is 0 Å². The number of rotatable bonds is 2. The average Bonchev–Trinajstić information content (AvgIpc) is 2.68. The minimum Gasteiger partial charge on any atom is -0.512 e. The van der Waals surface area contributed by atoms with Gasteiger partial charge in [0, 0.05) is 26.2 Å². The first-order valence-electron chi connectivity index (χ1n) is 9.51. The number of aliphatic hydroxyl groups excluding tert-OH is 1. The van der Waals surface area contributed by atoms with Crippen molar-refractivity contribution in [2.75, 3.05) is 0 Å². The van der Waals surface area contributed by atoms with Gasteiger partial charge in [-0.15, -0.1) is 23.3 Å². The normalized spacial score (nSPS) is 10.9. The number of carbonyl (C=O) groups is 1. The first-order valence-corrected chi connectivity index (χ1v) is 9.51. The quantitative estimate of drug-likeness (QED) is 0.169. The average molecular weight is 575 g/mol. The number of carbonyl (C=O) groups excluding carboxylic acids is 1. The Balaban J connectivity index is 0.000000350. The fraction of sp³-hybridized carbons (Fsp3) is 0.154. The molecule has 1 radical (unpaired) electrons. The Morgan fingerprint density at radius 3 is 2.33 bits per heavy atom. The number of ketones is 1. The maximum atomic E-state index is 10.0. The molecule has 0 bridgehead atoms. The van der Waals surface area contributed by atoms with Crippen LogP contribution < -0.4 is 0 Å². The predicted octanol–water partition coefficient (Wildman–Crippen LogP) is 6.51. The summed E-state index contributed by atoms with van der Waals surface area (Å²) in [5.74, 6) is -0.0625. The molecule has 30 heavy (non-hydrogen) atoms. The van der Waals surface area contributed by atoms with Gasteiger partial charge in [-0.2, -0.15) is 0 Å². The van der Waals surface area contributed by atoms with E-state index in [1.807, 2.05) is 0 Å². The van der Waals surface area contributed by atoms with Gasteiger partial charge in [0.15, 0.2) is 5.78 Å². The van der Waals surface area contributed by atoms with E-state index in [2.05, 4.69) is 80.6 Å². The number of benzene rings is 3. The summed E-state index contributed by atoms with van der Waals surface area (Å²) in [5.41, 5.74) is 5.59. The van der Waals surface area contributed by atoms with Gasteiger partial charge in [0.25, 0.3) is 0 Å². The van der Waals surface area contributed by atoms with Crippen LogP contribution in [0.1, 0.15) is 25.0 Å². The minimum atomic E-state index is -0.125. The van der Waals surface area contributed by atoms with E-state index >= 15 is 0 Å². The van der Waals surface area contributed by atoms with Crippen molar-refractivity contribution in [3.8, 4) is 11.3 Å². The molecule has 0 amide bonds. The van der Waals surface area contributed by atoms with E-state index in [1.54, 1.807) is 0 Å². The Bertz CT molecular complexity index is 1220. The van der Waals surface area contributed by atoms with Gasteiger partial charge >= 0.3 is 0 Å². The maximum Gasteiger partial charge on any atom is 0.155 e. The number of fused-ring (bicyclic) bond motifs is 2. The largest absolute Gasteiger partial charge is 0.512 e. The maximum absolute atomic E-state index is 10.0. The number of allylic oxidation sites excluding steroid dienone is 2. The molecule has 3 nitrogen and oxygen atoms in total. The Hall–Kier alpha value is -2.81. The van der Waals surface area contributed by atoms with Gasteiger partial charge in [-0.1, -0.05) is 65.7 Å². The van der Waals surface area contributed by atoms with Crippen molar-refractivity contribution in [3.05, 3.63) is 89.7 Å². The van der Waals surface area contributed by atoms with E-state index in [0.717, 1.165) is 16.8 Å². The summed E-state index contributed by atoms with van der Waals surface area (Å²) in [6.07, 6.45) is 1.17. The molecule has 0 aliphatic carbocycles. The van der Waals surface area contributed by atoms with Crippen molar-refractivity contribution in [1.82, 2.24) is 4.98 Å². The third-order valence-electron chi connectivity index (χ3n) is 4.57.